The van der Waals surface area contributed by atoms with Gasteiger partial charge in [0.1, 0.15) is 11.8 Å². The SMILES string of the molecule is O=C(COC(=O)C1CC(O)CN1C(=O)Oc1ccccc1)c1ccc(Cl)cc1. The zero-order valence-electron chi connectivity index (χ0n) is 14.8. The monoisotopic (exact) mass is 403 g/mol. The van der Waals surface area contributed by atoms with Crippen LogP contribution in [0.15, 0.2) is 54.6 Å². The van der Waals surface area contributed by atoms with E-state index in [9.17, 15) is 19.5 Å². The zero-order valence-corrected chi connectivity index (χ0v) is 15.5. The number of hydrogen-bond acceptors (Lipinski definition) is 6. The van der Waals surface area contributed by atoms with Crippen molar-refractivity contribution in [1.82, 2.24) is 4.90 Å². The number of aliphatic hydroxyl groups is 1. The molecule has 28 heavy (non-hydrogen) atoms. The quantitative estimate of drug-likeness (QED) is 0.609. The van der Waals surface area contributed by atoms with Gasteiger partial charge in [-0.25, -0.2) is 9.59 Å². The summed E-state index contributed by atoms with van der Waals surface area (Å²) in [5, 5.41) is 10.4. The van der Waals surface area contributed by atoms with Crippen LogP contribution in [0, 0.1) is 0 Å². The minimum absolute atomic E-state index is 0.0118. The second-order valence-electron chi connectivity index (χ2n) is 6.28. The molecule has 0 radical (unpaired) electrons. The van der Waals surface area contributed by atoms with Gasteiger partial charge in [-0.1, -0.05) is 29.8 Å². The molecule has 1 heterocycles. The van der Waals surface area contributed by atoms with Crippen LogP contribution < -0.4 is 4.74 Å². The van der Waals surface area contributed by atoms with Gasteiger partial charge in [-0.2, -0.15) is 0 Å². The Labute approximate surface area is 166 Å². The van der Waals surface area contributed by atoms with Crippen LogP contribution >= 0.6 is 11.6 Å². The topological polar surface area (TPSA) is 93.1 Å². The van der Waals surface area contributed by atoms with Gasteiger partial charge in [-0.15, -0.1) is 0 Å². The number of carbonyl (C=O) groups is 3. The van der Waals surface area contributed by atoms with Crippen LogP contribution in [0.3, 0.4) is 0 Å². The van der Waals surface area contributed by atoms with E-state index in [0.29, 0.717) is 16.3 Å². The molecule has 1 N–H and O–H groups in total. The molecule has 1 aliphatic heterocycles. The van der Waals surface area contributed by atoms with Crippen LogP contribution in [0.4, 0.5) is 4.79 Å². The van der Waals surface area contributed by atoms with Crippen LogP contribution in [0.25, 0.3) is 0 Å². The Morgan fingerprint density at radius 2 is 1.75 bits per heavy atom. The van der Waals surface area contributed by atoms with Gasteiger partial charge in [0.2, 0.25) is 0 Å². The fourth-order valence-corrected chi connectivity index (χ4v) is 2.96. The fourth-order valence-electron chi connectivity index (χ4n) is 2.84. The Morgan fingerprint density at radius 1 is 1.07 bits per heavy atom. The Balaban J connectivity index is 1.60. The maximum absolute atomic E-state index is 12.4. The molecule has 8 heteroatoms. The van der Waals surface area contributed by atoms with Gasteiger partial charge in [-0.3, -0.25) is 9.69 Å². The van der Waals surface area contributed by atoms with Crippen LogP contribution in [0.5, 0.6) is 5.75 Å². The Morgan fingerprint density at radius 3 is 2.43 bits per heavy atom. The summed E-state index contributed by atoms with van der Waals surface area (Å²) in [6, 6.07) is 13.5. The predicted molar refractivity (Wildman–Crippen MR) is 100 cm³/mol. The maximum Gasteiger partial charge on any atom is 0.416 e. The van der Waals surface area contributed by atoms with Gasteiger partial charge in [0.25, 0.3) is 0 Å². The van der Waals surface area contributed by atoms with Crippen LogP contribution in [0.2, 0.25) is 5.02 Å². The standard InChI is InChI=1S/C20H18ClNO6/c21-14-8-6-13(7-9-14)18(24)12-27-19(25)17-10-15(23)11-22(17)20(26)28-16-4-2-1-3-5-16/h1-9,15,17,23H,10-12H2. The van der Waals surface area contributed by atoms with E-state index in [2.05, 4.69) is 0 Å². The number of aliphatic hydroxyl groups excluding tert-OH is 1. The number of likely N-dealkylation sites (tertiary alicyclic amines) is 1. The summed E-state index contributed by atoms with van der Waals surface area (Å²) in [7, 11) is 0. The second kappa shape index (κ2) is 8.86. The maximum atomic E-state index is 12.4. The van der Waals surface area contributed by atoms with E-state index in [1.165, 1.54) is 12.1 Å². The van der Waals surface area contributed by atoms with Crippen molar-refractivity contribution in [2.24, 2.45) is 0 Å². The number of halogens is 1. The number of benzene rings is 2. The van der Waals surface area contributed by atoms with E-state index in [0.717, 1.165) is 4.90 Å². The van der Waals surface area contributed by atoms with Crippen molar-refractivity contribution < 1.29 is 29.0 Å². The van der Waals surface area contributed by atoms with Gasteiger partial charge >= 0.3 is 12.1 Å². The summed E-state index contributed by atoms with van der Waals surface area (Å²) >= 11 is 5.78. The van der Waals surface area contributed by atoms with Gasteiger partial charge in [0.15, 0.2) is 12.4 Å². The van der Waals surface area contributed by atoms with Gasteiger partial charge in [0, 0.05) is 17.0 Å². The highest BCUT2D eigenvalue weighted by Gasteiger charge is 2.41. The second-order valence-corrected chi connectivity index (χ2v) is 6.71. The highest BCUT2D eigenvalue weighted by molar-refractivity contribution is 6.30. The number of amides is 1. The first-order valence-electron chi connectivity index (χ1n) is 8.61. The molecule has 0 saturated carbocycles. The van der Waals surface area contributed by atoms with Gasteiger partial charge in [0.05, 0.1) is 12.6 Å². The lowest BCUT2D eigenvalue weighted by molar-refractivity contribution is -0.147. The molecule has 2 unspecified atom stereocenters. The summed E-state index contributed by atoms with van der Waals surface area (Å²) in [6.45, 7) is -0.537. The Hall–Kier alpha value is -2.90. The molecular weight excluding hydrogens is 386 g/mol. The van der Waals surface area contributed by atoms with E-state index < -0.39 is 36.6 Å². The molecule has 1 aliphatic rings. The molecule has 3 rings (SSSR count). The third-order valence-corrected chi connectivity index (χ3v) is 4.50. The highest BCUT2D eigenvalue weighted by Crippen LogP contribution is 2.22. The van der Waals surface area contributed by atoms with Crippen molar-refractivity contribution in [1.29, 1.82) is 0 Å². The Bertz CT molecular complexity index is 855. The van der Waals surface area contributed by atoms with E-state index >= 15 is 0 Å². The number of ketones is 1. The first-order valence-corrected chi connectivity index (χ1v) is 8.99. The molecule has 0 aromatic heterocycles. The molecule has 2 atom stereocenters. The van der Waals surface area contributed by atoms with Gasteiger partial charge < -0.3 is 14.6 Å². The van der Waals surface area contributed by atoms with Crippen molar-refractivity contribution in [2.75, 3.05) is 13.2 Å². The summed E-state index contributed by atoms with van der Waals surface area (Å²) in [4.78, 5) is 38.0. The van der Waals surface area contributed by atoms with Crippen LogP contribution in [0.1, 0.15) is 16.8 Å². The molecule has 0 spiro atoms. The molecule has 2 aromatic carbocycles. The molecule has 1 fully saturated rings. The van der Waals surface area contributed by atoms with Crippen molar-refractivity contribution in [3.63, 3.8) is 0 Å². The number of rotatable bonds is 5. The number of nitrogens with zero attached hydrogens (tertiary/aromatic N) is 1. The zero-order chi connectivity index (χ0) is 20.1. The molecule has 0 bridgehead atoms. The van der Waals surface area contributed by atoms with Crippen molar-refractivity contribution in [3.05, 3.63) is 65.2 Å². The van der Waals surface area contributed by atoms with E-state index in [-0.39, 0.29) is 13.0 Å². The lowest BCUT2D eigenvalue weighted by Gasteiger charge is -2.22. The lowest BCUT2D eigenvalue weighted by atomic mass is 10.1. The Kier molecular flexibility index (Phi) is 6.28. The van der Waals surface area contributed by atoms with Crippen molar-refractivity contribution in [3.8, 4) is 5.75 Å². The van der Waals surface area contributed by atoms with Crippen LogP contribution in [-0.2, 0) is 9.53 Å². The minimum atomic E-state index is -1.02. The average molecular weight is 404 g/mol. The first kappa shape index (κ1) is 19.9. The number of esters is 1. The number of carbonyl (C=O) groups excluding carboxylic acids is 3. The number of hydrogen-bond donors (Lipinski definition) is 1. The lowest BCUT2D eigenvalue weighted by Crippen LogP contribution is -2.43. The molecule has 2 aromatic rings. The summed E-state index contributed by atoms with van der Waals surface area (Å²) in [6.07, 6.45) is -1.64. The molecule has 1 saturated heterocycles. The van der Waals surface area contributed by atoms with Crippen LogP contribution in [-0.4, -0.2) is 53.1 Å². The molecular formula is C20H18ClNO6. The molecule has 0 aliphatic carbocycles. The van der Waals surface area contributed by atoms with E-state index in [1.807, 2.05) is 0 Å². The number of β-amino-alcohol motifs (C(OH)–C–C–N with tert-alkyl or cyclic N) is 1. The number of para-hydroxylation sites is 1. The smallest absolute Gasteiger partial charge is 0.416 e. The summed E-state index contributed by atoms with van der Waals surface area (Å²) < 4.78 is 10.3. The largest absolute Gasteiger partial charge is 0.456 e. The molecule has 7 nitrogen and oxygen atoms in total. The third-order valence-electron chi connectivity index (χ3n) is 4.25. The normalized spacial score (nSPS) is 18.6. The van der Waals surface area contributed by atoms with E-state index in [1.54, 1.807) is 42.5 Å². The molecule has 1 amide bonds. The van der Waals surface area contributed by atoms with Crippen molar-refractivity contribution in [2.45, 2.75) is 18.6 Å². The average Bonchev–Trinajstić information content (AvgIpc) is 3.09. The fraction of sp³-hybridized carbons (Fsp3) is 0.250. The van der Waals surface area contributed by atoms with Gasteiger partial charge in [-0.05, 0) is 36.4 Å². The number of ether oxygens (including phenoxy) is 2. The first-order chi connectivity index (χ1) is 13.4. The highest BCUT2D eigenvalue weighted by atomic mass is 35.5. The minimum Gasteiger partial charge on any atom is -0.456 e. The number of Topliss-reactive ketones (excluding diaryl/α,β-unsaturated/α-hetero) is 1. The predicted octanol–water partition coefficient (Wildman–Crippen LogP) is 2.70. The van der Waals surface area contributed by atoms with E-state index in [4.69, 9.17) is 21.1 Å². The summed E-state index contributed by atoms with van der Waals surface area (Å²) in [5.41, 5.74) is 0.351. The van der Waals surface area contributed by atoms with Crippen molar-refractivity contribution >= 4 is 29.4 Å². The third kappa shape index (κ3) is 4.88. The summed E-state index contributed by atoms with van der Waals surface area (Å²) in [5.74, 6) is -0.857. The molecule has 146 valence electrons.